The Morgan fingerprint density at radius 1 is 1.13 bits per heavy atom. The zero-order valence-corrected chi connectivity index (χ0v) is 19.0. The molecule has 0 fully saturated rings. The number of hydrogen-bond acceptors (Lipinski definition) is 5. The van der Waals surface area contributed by atoms with E-state index < -0.39 is 17.9 Å². The normalized spacial score (nSPS) is 12.2. The summed E-state index contributed by atoms with van der Waals surface area (Å²) in [5.41, 5.74) is 2.37. The molecule has 0 aliphatic rings. The second kappa shape index (κ2) is 11.0. The molecule has 1 heterocycles. The Kier molecular flexibility index (Phi) is 8.65. The van der Waals surface area contributed by atoms with Crippen LogP contribution in [0.1, 0.15) is 63.1 Å². The van der Waals surface area contributed by atoms with Crippen molar-refractivity contribution < 1.29 is 23.8 Å². The molecule has 0 radical (unpaired) electrons. The van der Waals surface area contributed by atoms with Gasteiger partial charge in [0.25, 0.3) is 5.91 Å². The molecule has 0 aliphatic heterocycles. The SMILES string of the molecule is CCCCCCc1c(C)c2ccc(OCC(=O)N[C@@H](C(=O)O)C(C)C)c(C)c2oc1=O. The lowest BCUT2D eigenvalue weighted by Gasteiger charge is -2.18. The minimum absolute atomic E-state index is 0.253. The van der Waals surface area contributed by atoms with Crippen LogP contribution in [0.4, 0.5) is 0 Å². The minimum Gasteiger partial charge on any atom is -0.483 e. The first-order valence-corrected chi connectivity index (χ1v) is 10.9. The average Bonchev–Trinajstić information content (AvgIpc) is 2.71. The van der Waals surface area contributed by atoms with Crippen LogP contribution < -0.4 is 15.7 Å². The second-order valence-corrected chi connectivity index (χ2v) is 8.29. The van der Waals surface area contributed by atoms with Gasteiger partial charge in [-0.3, -0.25) is 4.79 Å². The Balaban J connectivity index is 2.18. The maximum atomic E-state index is 12.6. The molecular weight excluding hydrogens is 398 g/mol. The van der Waals surface area contributed by atoms with Crippen molar-refractivity contribution in [3.63, 3.8) is 0 Å². The highest BCUT2D eigenvalue weighted by Crippen LogP contribution is 2.29. The molecule has 0 aliphatic carbocycles. The molecule has 1 aromatic heterocycles. The number of carboxylic acids is 1. The Labute approximate surface area is 182 Å². The number of carbonyl (C=O) groups is 2. The molecule has 1 atom stereocenters. The zero-order valence-electron chi connectivity index (χ0n) is 19.0. The van der Waals surface area contributed by atoms with E-state index in [-0.39, 0.29) is 18.2 Å². The monoisotopic (exact) mass is 431 g/mol. The first-order chi connectivity index (χ1) is 14.7. The van der Waals surface area contributed by atoms with E-state index in [4.69, 9.17) is 9.15 Å². The number of amides is 1. The van der Waals surface area contributed by atoms with E-state index in [9.17, 15) is 19.5 Å². The molecule has 0 bridgehead atoms. The van der Waals surface area contributed by atoms with E-state index in [1.807, 2.05) is 13.0 Å². The lowest BCUT2D eigenvalue weighted by molar-refractivity contribution is -0.143. The van der Waals surface area contributed by atoms with Crippen LogP contribution in [0.3, 0.4) is 0 Å². The van der Waals surface area contributed by atoms with Crippen LogP contribution in [0.25, 0.3) is 11.0 Å². The van der Waals surface area contributed by atoms with Crippen LogP contribution in [0, 0.1) is 19.8 Å². The molecule has 2 aromatic rings. The number of unbranched alkanes of at least 4 members (excludes halogenated alkanes) is 3. The van der Waals surface area contributed by atoms with E-state index >= 15 is 0 Å². The third-order valence-electron chi connectivity index (χ3n) is 5.54. The van der Waals surface area contributed by atoms with E-state index in [0.29, 0.717) is 28.9 Å². The fraction of sp³-hybridized carbons (Fsp3) is 0.542. The molecular formula is C24H33NO6. The van der Waals surface area contributed by atoms with Gasteiger partial charge in [-0.25, -0.2) is 9.59 Å². The summed E-state index contributed by atoms with van der Waals surface area (Å²) in [7, 11) is 0. The molecule has 0 saturated carbocycles. The van der Waals surface area contributed by atoms with Crippen molar-refractivity contribution in [2.75, 3.05) is 6.61 Å². The summed E-state index contributed by atoms with van der Waals surface area (Å²) < 4.78 is 11.2. The lowest BCUT2D eigenvalue weighted by atomic mass is 9.99. The smallest absolute Gasteiger partial charge is 0.339 e. The maximum absolute atomic E-state index is 12.6. The number of carbonyl (C=O) groups excluding carboxylic acids is 1. The number of aliphatic carboxylic acids is 1. The second-order valence-electron chi connectivity index (χ2n) is 8.29. The summed E-state index contributed by atoms with van der Waals surface area (Å²) in [5, 5.41) is 12.5. The molecule has 7 nitrogen and oxygen atoms in total. The van der Waals surface area contributed by atoms with E-state index in [1.54, 1.807) is 26.8 Å². The van der Waals surface area contributed by atoms with Crippen molar-refractivity contribution in [2.45, 2.75) is 72.8 Å². The molecule has 2 N–H and O–H groups in total. The summed E-state index contributed by atoms with van der Waals surface area (Å²) in [4.78, 5) is 35.9. The number of fused-ring (bicyclic) bond motifs is 1. The van der Waals surface area contributed by atoms with Gasteiger partial charge in [0, 0.05) is 16.5 Å². The lowest BCUT2D eigenvalue weighted by Crippen LogP contribution is -2.46. The standard InChI is InChI=1S/C24H33NO6/c1-6-7-8-9-10-18-15(4)17-11-12-19(16(5)22(17)31-24(18)29)30-13-20(26)25-21(14(2)3)23(27)28/h11-12,14,21H,6-10,13H2,1-5H3,(H,25,26)(H,27,28)/t21-/m1/s1. The van der Waals surface area contributed by atoms with Crippen LogP contribution in [-0.4, -0.2) is 29.6 Å². The molecule has 2 rings (SSSR count). The van der Waals surface area contributed by atoms with Gasteiger partial charge in [0.1, 0.15) is 17.4 Å². The molecule has 1 amide bonds. The number of aryl methyl sites for hydroxylation is 2. The van der Waals surface area contributed by atoms with Crippen LogP contribution in [0.2, 0.25) is 0 Å². The van der Waals surface area contributed by atoms with Gasteiger partial charge in [0.2, 0.25) is 0 Å². The average molecular weight is 432 g/mol. The first kappa shape index (κ1) is 24.4. The van der Waals surface area contributed by atoms with Crippen molar-refractivity contribution in [1.29, 1.82) is 0 Å². The number of carboxylic acid groups (broad SMARTS) is 1. The summed E-state index contributed by atoms with van der Waals surface area (Å²) in [5.74, 6) is -1.46. The first-order valence-electron chi connectivity index (χ1n) is 10.9. The van der Waals surface area contributed by atoms with E-state index in [2.05, 4.69) is 12.2 Å². The zero-order chi connectivity index (χ0) is 23.1. The van der Waals surface area contributed by atoms with Gasteiger partial charge in [-0.2, -0.15) is 0 Å². The highest BCUT2D eigenvalue weighted by atomic mass is 16.5. The molecule has 7 heteroatoms. The number of benzene rings is 1. The number of hydrogen-bond donors (Lipinski definition) is 2. The van der Waals surface area contributed by atoms with Gasteiger partial charge >= 0.3 is 11.6 Å². The Morgan fingerprint density at radius 2 is 1.84 bits per heavy atom. The van der Waals surface area contributed by atoms with Crippen LogP contribution in [0.5, 0.6) is 5.75 Å². The predicted octanol–water partition coefficient (Wildman–Crippen LogP) is 4.14. The number of rotatable bonds is 11. The molecule has 31 heavy (non-hydrogen) atoms. The fourth-order valence-electron chi connectivity index (χ4n) is 3.62. The maximum Gasteiger partial charge on any atom is 0.339 e. The van der Waals surface area contributed by atoms with E-state index in [1.165, 1.54) is 0 Å². The van der Waals surface area contributed by atoms with Crippen molar-refractivity contribution in [1.82, 2.24) is 5.32 Å². The number of nitrogens with one attached hydrogen (secondary N) is 1. The summed E-state index contributed by atoms with van der Waals surface area (Å²) in [6.07, 6.45) is 5.02. The summed E-state index contributed by atoms with van der Waals surface area (Å²) >= 11 is 0. The van der Waals surface area contributed by atoms with Crippen LogP contribution in [0.15, 0.2) is 21.3 Å². The Hall–Kier alpha value is -2.83. The number of ether oxygens (including phenoxy) is 1. The minimum atomic E-state index is -1.09. The fourth-order valence-corrected chi connectivity index (χ4v) is 3.62. The van der Waals surface area contributed by atoms with Gasteiger partial charge in [0.05, 0.1) is 0 Å². The molecule has 0 saturated heterocycles. The van der Waals surface area contributed by atoms with Gasteiger partial charge in [-0.15, -0.1) is 0 Å². The third kappa shape index (κ3) is 6.09. The van der Waals surface area contributed by atoms with Crippen molar-refractivity contribution in [3.05, 3.63) is 39.2 Å². The van der Waals surface area contributed by atoms with Gasteiger partial charge in [-0.1, -0.05) is 40.0 Å². The molecule has 170 valence electrons. The largest absolute Gasteiger partial charge is 0.483 e. The molecule has 0 unspecified atom stereocenters. The third-order valence-corrected chi connectivity index (χ3v) is 5.54. The van der Waals surface area contributed by atoms with Gasteiger partial charge in [0.15, 0.2) is 6.61 Å². The van der Waals surface area contributed by atoms with Crippen LogP contribution in [-0.2, 0) is 16.0 Å². The van der Waals surface area contributed by atoms with Crippen molar-refractivity contribution >= 4 is 22.8 Å². The highest BCUT2D eigenvalue weighted by Gasteiger charge is 2.23. The molecule has 1 aromatic carbocycles. The van der Waals surface area contributed by atoms with Crippen molar-refractivity contribution in [3.8, 4) is 5.75 Å². The topological polar surface area (TPSA) is 106 Å². The summed E-state index contributed by atoms with van der Waals surface area (Å²) in [6, 6.07) is 2.60. The Bertz CT molecular complexity index is 992. The van der Waals surface area contributed by atoms with E-state index in [0.717, 1.165) is 36.6 Å². The summed E-state index contributed by atoms with van der Waals surface area (Å²) in [6.45, 7) is 8.95. The van der Waals surface area contributed by atoms with Gasteiger partial charge < -0.3 is 19.6 Å². The van der Waals surface area contributed by atoms with Gasteiger partial charge in [-0.05, 0) is 50.3 Å². The Morgan fingerprint density at radius 3 is 2.45 bits per heavy atom. The van der Waals surface area contributed by atoms with Crippen molar-refractivity contribution in [2.24, 2.45) is 5.92 Å². The predicted molar refractivity (Wildman–Crippen MR) is 120 cm³/mol. The molecule has 0 spiro atoms. The quantitative estimate of drug-likeness (QED) is 0.409. The highest BCUT2D eigenvalue weighted by molar-refractivity contribution is 5.86. The van der Waals surface area contributed by atoms with Crippen LogP contribution >= 0.6 is 0 Å².